The highest BCUT2D eigenvalue weighted by Crippen LogP contribution is 2.22. The molecule has 0 unspecified atom stereocenters. The van der Waals surface area contributed by atoms with Crippen LogP contribution in [0.25, 0.3) is 0 Å². The van der Waals surface area contributed by atoms with E-state index in [2.05, 4.69) is 20.9 Å². The first kappa shape index (κ1) is 26.7. The summed E-state index contributed by atoms with van der Waals surface area (Å²) in [6.45, 7) is 6.53. The first-order valence-corrected chi connectivity index (χ1v) is 10.7. The van der Waals surface area contributed by atoms with E-state index >= 15 is 0 Å². The number of aryl methyl sites for hydroxylation is 1. The molecule has 0 atom stereocenters. The monoisotopic (exact) mass is 458 g/mol. The third kappa shape index (κ3) is 8.80. The number of likely N-dealkylation sites (tertiary alicyclic amines) is 1. The van der Waals surface area contributed by atoms with E-state index in [0.717, 1.165) is 62.4 Å². The number of halogens is 2. The van der Waals surface area contributed by atoms with E-state index in [-0.39, 0.29) is 36.6 Å². The van der Waals surface area contributed by atoms with Crippen LogP contribution in [0.4, 0.5) is 11.4 Å². The first-order chi connectivity index (χ1) is 13.6. The molecule has 30 heavy (non-hydrogen) atoms. The van der Waals surface area contributed by atoms with Crippen molar-refractivity contribution in [2.75, 3.05) is 43.4 Å². The van der Waals surface area contributed by atoms with Gasteiger partial charge in [0.15, 0.2) is 0 Å². The van der Waals surface area contributed by atoms with Gasteiger partial charge in [-0.3, -0.25) is 14.5 Å². The summed E-state index contributed by atoms with van der Waals surface area (Å²) in [7, 11) is 0. The van der Waals surface area contributed by atoms with Crippen LogP contribution >= 0.6 is 24.8 Å². The second-order valence-corrected chi connectivity index (χ2v) is 8.19. The molecule has 6 nitrogen and oxygen atoms in total. The Balaban J connectivity index is 0.00000225. The van der Waals surface area contributed by atoms with Crippen molar-refractivity contribution in [1.82, 2.24) is 10.2 Å². The minimum Gasteiger partial charge on any atom is -0.326 e. The lowest BCUT2D eigenvalue weighted by Crippen LogP contribution is -2.36. The molecule has 0 aliphatic carbocycles. The Hall–Kier alpha value is -1.34. The van der Waals surface area contributed by atoms with Gasteiger partial charge in [-0.05, 0) is 88.8 Å². The van der Waals surface area contributed by atoms with E-state index in [0.29, 0.717) is 18.9 Å². The van der Waals surface area contributed by atoms with E-state index in [1.165, 1.54) is 19.3 Å². The van der Waals surface area contributed by atoms with Crippen LogP contribution in [0.5, 0.6) is 0 Å². The molecule has 2 aliphatic heterocycles. The lowest BCUT2D eigenvalue weighted by atomic mass is 9.93. The molecule has 8 heteroatoms. The van der Waals surface area contributed by atoms with Gasteiger partial charge in [-0.25, -0.2) is 0 Å². The number of carbonyl (C=O) groups is 2. The van der Waals surface area contributed by atoms with E-state index in [4.69, 9.17) is 0 Å². The van der Waals surface area contributed by atoms with Gasteiger partial charge in [-0.1, -0.05) is 12.5 Å². The Morgan fingerprint density at radius 2 is 1.73 bits per heavy atom. The van der Waals surface area contributed by atoms with Crippen LogP contribution in [0.15, 0.2) is 18.2 Å². The Kier molecular flexibility index (Phi) is 12.3. The zero-order valence-corrected chi connectivity index (χ0v) is 19.5. The van der Waals surface area contributed by atoms with Crippen molar-refractivity contribution >= 4 is 48.0 Å². The van der Waals surface area contributed by atoms with Crippen LogP contribution in [0.3, 0.4) is 0 Å². The number of amides is 2. The third-order valence-corrected chi connectivity index (χ3v) is 5.85. The van der Waals surface area contributed by atoms with Crippen molar-refractivity contribution < 1.29 is 9.59 Å². The van der Waals surface area contributed by atoms with Crippen molar-refractivity contribution in [1.29, 1.82) is 0 Å². The molecule has 3 N–H and O–H groups in total. The van der Waals surface area contributed by atoms with Crippen molar-refractivity contribution in [3.8, 4) is 0 Å². The predicted octanol–water partition coefficient (Wildman–Crippen LogP) is 3.98. The molecule has 2 fully saturated rings. The molecular weight excluding hydrogens is 423 g/mol. The first-order valence-electron chi connectivity index (χ1n) is 10.7. The number of carbonyl (C=O) groups excluding carboxylic acids is 2. The fourth-order valence-electron chi connectivity index (χ4n) is 4.07. The topological polar surface area (TPSA) is 73.5 Å². The van der Waals surface area contributed by atoms with Crippen LogP contribution in [-0.2, 0) is 9.59 Å². The second kappa shape index (κ2) is 13.9. The standard InChI is InChI=1S/C22H34N4O2.2ClH/c1-17-5-7-19(24-21(27)8-6-18-9-11-23-12-10-18)15-20(17)25-22(28)16-26-13-3-2-4-14-26;;/h5,7,15,18,23H,2-4,6,8-14,16H2,1H3,(H,24,27)(H,25,28);2*1H. The smallest absolute Gasteiger partial charge is 0.238 e. The highest BCUT2D eigenvalue weighted by Gasteiger charge is 2.16. The largest absolute Gasteiger partial charge is 0.326 e. The highest BCUT2D eigenvalue weighted by molar-refractivity contribution is 5.95. The highest BCUT2D eigenvalue weighted by atomic mass is 35.5. The van der Waals surface area contributed by atoms with E-state index < -0.39 is 0 Å². The van der Waals surface area contributed by atoms with Gasteiger partial charge in [0, 0.05) is 17.8 Å². The zero-order valence-electron chi connectivity index (χ0n) is 17.9. The lowest BCUT2D eigenvalue weighted by molar-refractivity contribution is -0.117. The number of nitrogens with zero attached hydrogens (tertiary/aromatic N) is 1. The van der Waals surface area contributed by atoms with Gasteiger partial charge in [-0.15, -0.1) is 24.8 Å². The molecule has 1 aromatic carbocycles. The molecule has 2 heterocycles. The predicted molar refractivity (Wildman–Crippen MR) is 128 cm³/mol. The molecular formula is C22H36Cl2N4O2. The van der Waals surface area contributed by atoms with Crippen LogP contribution in [-0.4, -0.2) is 49.4 Å². The fourth-order valence-corrected chi connectivity index (χ4v) is 4.07. The van der Waals surface area contributed by atoms with Crippen molar-refractivity contribution in [3.63, 3.8) is 0 Å². The van der Waals surface area contributed by atoms with E-state index in [1.807, 2.05) is 25.1 Å². The quantitative estimate of drug-likeness (QED) is 0.577. The number of rotatable bonds is 7. The fraction of sp³-hybridized carbons (Fsp3) is 0.636. The lowest BCUT2D eigenvalue weighted by Gasteiger charge is -2.25. The Morgan fingerprint density at radius 1 is 1.03 bits per heavy atom. The number of nitrogens with one attached hydrogen (secondary N) is 3. The maximum absolute atomic E-state index is 12.4. The van der Waals surface area contributed by atoms with Gasteiger partial charge < -0.3 is 16.0 Å². The molecule has 0 radical (unpaired) electrons. The zero-order chi connectivity index (χ0) is 19.8. The molecule has 1 aromatic rings. The van der Waals surface area contributed by atoms with Gasteiger partial charge in [0.05, 0.1) is 6.54 Å². The Morgan fingerprint density at radius 3 is 2.43 bits per heavy atom. The summed E-state index contributed by atoms with van der Waals surface area (Å²) in [6, 6.07) is 5.71. The maximum atomic E-state index is 12.4. The molecule has 0 saturated carbocycles. The average Bonchev–Trinajstić information content (AvgIpc) is 2.70. The van der Waals surface area contributed by atoms with Gasteiger partial charge in [0.2, 0.25) is 11.8 Å². The summed E-state index contributed by atoms with van der Waals surface area (Å²) >= 11 is 0. The summed E-state index contributed by atoms with van der Waals surface area (Å²) in [5.41, 5.74) is 2.52. The minimum atomic E-state index is 0. The third-order valence-electron chi connectivity index (χ3n) is 5.85. The number of hydrogen-bond acceptors (Lipinski definition) is 4. The van der Waals surface area contributed by atoms with Gasteiger partial charge >= 0.3 is 0 Å². The second-order valence-electron chi connectivity index (χ2n) is 8.19. The van der Waals surface area contributed by atoms with Crippen LogP contribution in [0.1, 0.15) is 50.5 Å². The van der Waals surface area contributed by atoms with Gasteiger partial charge in [0.1, 0.15) is 0 Å². The molecule has 0 bridgehead atoms. The van der Waals surface area contributed by atoms with E-state index in [1.54, 1.807) is 0 Å². The molecule has 0 spiro atoms. The number of hydrogen-bond donors (Lipinski definition) is 3. The van der Waals surface area contributed by atoms with Crippen molar-refractivity contribution in [3.05, 3.63) is 23.8 Å². The van der Waals surface area contributed by atoms with Crippen molar-refractivity contribution in [2.24, 2.45) is 5.92 Å². The molecule has 2 aliphatic rings. The number of piperidine rings is 2. The van der Waals surface area contributed by atoms with Crippen LogP contribution < -0.4 is 16.0 Å². The van der Waals surface area contributed by atoms with Crippen molar-refractivity contribution in [2.45, 2.75) is 51.9 Å². The SMILES string of the molecule is Cc1ccc(NC(=O)CCC2CCNCC2)cc1NC(=O)CN1CCCCC1.Cl.Cl. The minimum absolute atomic E-state index is 0. The Bertz CT molecular complexity index is 675. The molecule has 3 rings (SSSR count). The molecule has 2 amide bonds. The van der Waals surface area contributed by atoms with Gasteiger partial charge in [0.25, 0.3) is 0 Å². The van der Waals surface area contributed by atoms with Crippen LogP contribution in [0, 0.1) is 12.8 Å². The molecule has 2 saturated heterocycles. The number of anilines is 2. The normalized spacial score (nSPS) is 17.4. The molecule has 170 valence electrons. The molecule has 0 aromatic heterocycles. The summed E-state index contributed by atoms with van der Waals surface area (Å²) < 4.78 is 0. The van der Waals surface area contributed by atoms with E-state index in [9.17, 15) is 9.59 Å². The Labute approximate surface area is 192 Å². The number of benzene rings is 1. The van der Waals surface area contributed by atoms with Gasteiger partial charge in [-0.2, -0.15) is 0 Å². The summed E-state index contributed by atoms with van der Waals surface area (Å²) in [4.78, 5) is 26.9. The maximum Gasteiger partial charge on any atom is 0.238 e. The van der Waals surface area contributed by atoms with Crippen LogP contribution in [0.2, 0.25) is 0 Å². The summed E-state index contributed by atoms with van der Waals surface area (Å²) in [6.07, 6.45) is 7.41. The summed E-state index contributed by atoms with van der Waals surface area (Å²) in [5, 5.41) is 9.36. The summed E-state index contributed by atoms with van der Waals surface area (Å²) in [5.74, 6) is 0.710. The average molecular weight is 459 g/mol.